The summed E-state index contributed by atoms with van der Waals surface area (Å²) < 4.78 is 0. The van der Waals surface area contributed by atoms with Crippen LogP contribution in [0.15, 0.2) is 78.4 Å². The Labute approximate surface area is 114 Å². The van der Waals surface area contributed by atoms with Crippen LogP contribution in [0.4, 0.5) is 0 Å². The largest absolute Gasteiger partial charge is 0.374 e. The first-order valence-electron chi connectivity index (χ1n) is 6.60. The normalized spacial score (nSPS) is 18.3. The number of dihydropyridines is 1. The lowest BCUT2D eigenvalue weighted by atomic mass is 9.98. The van der Waals surface area contributed by atoms with E-state index in [1.165, 1.54) is 22.4 Å². The summed E-state index contributed by atoms with van der Waals surface area (Å²) in [6, 6.07) is 21.3. The molecule has 0 aromatic heterocycles. The molecule has 0 saturated heterocycles. The lowest BCUT2D eigenvalue weighted by Crippen LogP contribution is -2.21. The maximum Gasteiger partial charge on any atom is 0.0703 e. The molecular formula is C18H17N. The fraction of sp³-hybridized carbons (Fsp3) is 0.111. The molecule has 0 spiro atoms. The van der Waals surface area contributed by atoms with Crippen LogP contribution in [0, 0.1) is 0 Å². The zero-order valence-corrected chi connectivity index (χ0v) is 11.0. The van der Waals surface area contributed by atoms with Gasteiger partial charge in [0.1, 0.15) is 0 Å². The van der Waals surface area contributed by atoms with E-state index >= 15 is 0 Å². The van der Waals surface area contributed by atoms with Crippen LogP contribution in [0.2, 0.25) is 0 Å². The van der Waals surface area contributed by atoms with Crippen molar-refractivity contribution in [1.82, 2.24) is 5.32 Å². The van der Waals surface area contributed by atoms with Gasteiger partial charge in [0.05, 0.1) is 6.04 Å². The van der Waals surface area contributed by atoms with E-state index in [9.17, 15) is 0 Å². The highest BCUT2D eigenvalue weighted by molar-refractivity contribution is 5.68. The Hall–Kier alpha value is -2.28. The number of benzene rings is 2. The predicted octanol–water partition coefficient (Wildman–Crippen LogP) is 4.32. The Morgan fingerprint density at radius 3 is 2.16 bits per heavy atom. The first kappa shape index (κ1) is 11.8. The van der Waals surface area contributed by atoms with E-state index in [-0.39, 0.29) is 6.04 Å². The van der Waals surface area contributed by atoms with Crippen LogP contribution in [0.1, 0.15) is 24.1 Å². The number of rotatable bonds is 2. The summed E-state index contributed by atoms with van der Waals surface area (Å²) in [4.78, 5) is 0. The van der Waals surface area contributed by atoms with Gasteiger partial charge in [-0.05, 0) is 24.1 Å². The van der Waals surface area contributed by atoms with Gasteiger partial charge in [-0.25, -0.2) is 0 Å². The average Bonchev–Trinajstić information content (AvgIpc) is 2.48. The van der Waals surface area contributed by atoms with Crippen molar-refractivity contribution in [2.75, 3.05) is 0 Å². The van der Waals surface area contributed by atoms with E-state index in [4.69, 9.17) is 0 Å². The van der Waals surface area contributed by atoms with Crippen LogP contribution in [-0.4, -0.2) is 0 Å². The lowest BCUT2D eigenvalue weighted by Gasteiger charge is -2.24. The third-order valence-electron chi connectivity index (χ3n) is 3.36. The van der Waals surface area contributed by atoms with E-state index in [0.29, 0.717) is 0 Å². The monoisotopic (exact) mass is 247 g/mol. The second-order valence-corrected chi connectivity index (χ2v) is 4.87. The fourth-order valence-electron chi connectivity index (χ4n) is 2.41. The van der Waals surface area contributed by atoms with Gasteiger partial charge in [-0.3, -0.25) is 0 Å². The van der Waals surface area contributed by atoms with Crippen molar-refractivity contribution in [3.63, 3.8) is 0 Å². The second-order valence-electron chi connectivity index (χ2n) is 4.87. The van der Waals surface area contributed by atoms with Gasteiger partial charge in [0.25, 0.3) is 0 Å². The van der Waals surface area contributed by atoms with Crippen LogP contribution in [0.3, 0.4) is 0 Å². The average molecular weight is 247 g/mol. The zero-order chi connectivity index (χ0) is 13.1. The molecule has 94 valence electrons. The van der Waals surface area contributed by atoms with Crippen molar-refractivity contribution in [2.45, 2.75) is 13.0 Å². The number of hydrogen-bond acceptors (Lipinski definition) is 1. The molecule has 0 aliphatic carbocycles. The Morgan fingerprint density at radius 1 is 0.842 bits per heavy atom. The minimum Gasteiger partial charge on any atom is -0.374 e. The van der Waals surface area contributed by atoms with Gasteiger partial charge in [-0.1, -0.05) is 72.3 Å². The summed E-state index contributed by atoms with van der Waals surface area (Å²) >= 11 is 0. The lowest BCUT2D eigenvalue weighted by molar-refractivity contribution is 0.756. The van der Waals surface area contributed by atoms with Crippen molar-refractivity contribution >= 4 is 5.70 Å². The van der Waals surface area contributed by atoms with E-state index in [1.54, 1.807) is 0 Å². The molecule has 1 heterocycles. The molecule has 1 heteroatoms. The Kier molecular flexibility index (Phi) is 3.20. The molecule has 1 unspecified atom stereocenters. The third kappa shape index (κ3) is 2.60. The first-order chi connectivity index (χ1) is 9.33. The van der Waals surface area contributed by atoms with Crippen molar-refractivity contribution in [2.24, 2.45) is 0 Å². The minimum atomic E-state index is 0.251. The van der Waals surface area contributed by atoms with E-state index < -0.39 is 0 Å². The number of hydrogen-bond donors (Lipinski definition) is 1. The number of nitrogens with one attached hydrogen (secondary N) is 1. The van der Waals surface area contributed by atoms with Gasteiger partial charge < -0.3 is 5.32 Å². The van der Waals surface area contributed by atoms with Crippen LogP contribution in [0.25, 0.3) is 5.70 Å². The molecule has 0 amide bonds. The maximum absolute atomic E-state index is 3.60. The Bertz CT molecular complexity index is 609. The predicted molar refractivity (Wildman–Crippen MR) is 80.5 cm³/mol. The Morgan fingerprint density at radius 2 is 1.47 bits per heavy atom. The number of allylic oxidation sites excluding steroid dienone is 2. The first-order valence-corrected chi connectivity index (χ1v) is 6.60. The highest BCUT2D eigenvalue weighted by atomic mass is 14.9. The molecule has 0 radical (unpaired) electrons. The topological polar surface area (TPSA) is 12.0 Å². The van der Waals surface area contributed by atoms with Crippen molar-refractivity contribution in [1.29, 1.82) is 0 Å². The molecule has 2 aromatic rings. The summed E-state index contributed by atoms with van der Waals surface area (Å²) in [5, 5.41) is 3.60. The van der Waals surface area contributed by atoms with Gasteiger partial charge in [-0.15, -0.1) is 0 Å². The molecule has 1 atom stereocenters. The highest BCUT2D eigenvalue weighted by Crippen LogP contribution is 2.26. The minimum absolute atomic E-state index is 0.251. The van der Waals surface area contributed by atoms with Crippen LogP contribution in [0.5, 0.6) is 0 Å². The van der Waals surface area contributed by atoms with E-state index in [0.717, 1.165) is 0 Å². The van der Waals surface area contributed by atoms with Gasteiger partial charge >= 0.3 is 0 Å². The van der Waals surface area contributed by atoms with Crippen LogP contribution < -0.4 is 5.32 Å². The highest BCUT2D eigenvalue weighted by Gasteiger charge is 2.14. The van der Waals surface area contributed by atoms with Gasteiger partial charge in [0.2, 0.25) is 0 Å². The fourth-order valence-corrected chi connectivity index (χ4v) is 2.41. The maximum atomic E-state index is 3.60. The van der Waals surface area contributed by atoms with E-state index in [1.807, 2.05) is 6.07 Å². The molecule has 1 nitrogen and oxygen atoms in total. The quantitative estimate of drug-likeness (QED) is 0.833. The smallest absolute Gasteiger partial charge is 0.0703 e. The van der Waals surface area contributed by atoms with Crippen molar-refractivity contribution < 1.29 is 0 Å². The molecule has 3 rings (SSSR count). The van der Waals surface area contributed by atoms with Gasteiger partial charge in [0, 0.05) is 5.70 Å². The van der Waals surface area contributed by atoms with Gasteiger partial charge in [-0.2, -0.15) is 0 Å². The molecule has 0 fully saturated rings. The van der Waals surface area contributed by atoms with Crippen molar-refractivity contribution in [3.8, 4) is 0 Å². The summed E-state index contributed by atoms with van der Waals surface area (Å²) in [6.45, 7) is 2.15. The standard InChI is InChI=1S/C18H17N/c1-14-12-17(15-8-4-2-5-9-15)19-18(13-14)16-10-6-3-7-11-16/h2-13,17,19H,1H3. The summed E-state index contributed by atoms with van der Waals surface area (Å²) in [5.74, 6) is 0. The van der Waals surface area contributed by atoms with Crippen molar-refractivity contribution in [3.05, 3.63) is 89.5 Å². The molecule has 1 N–H and O–H groups in total. The molecule has 0 saturated carbocycles. The summed E-state index contributed by atoms with van der Waals surface area (Å²) in [7, 11) is 0. The van der Waals surface area contributed by atoms with Crippen LogP contribution >= 0.6 is 0 Å². The molecule has 1 aliphatic rings. The molecule has 0 bridgehead atoms. The summed E-state index contributed by atoms with van der Waals surface area (Å²) in [5.41, 5.74) is 5.01. The summed E-state index contributed by atoms with van der Waals surface area (Å²) in [6.07, 6.45) is 4.47. The third-order valence-corrected chi connectivity index (χ3v) is 3.36. The van der Waals surface area contributed by atoms with Crippen LogP contribution in [-0.2, 0) is 0 Å². The SMILES string of the molecule is CC1=CC(c2ccccc2)NC(c2ccccc2)=C1. The zero-order valence-electron chi connectivity index (χ0n) is 11.0. The second kappa shape index (κ2) is 5.15. The van der Waals surface area contributed by atoms with Gasteiger partial charge in [0.15, 0.2) is 0 Å². The Balaban J connectivity index is 1.92. The molecule has 1 aliphatic heterocycles. The molecule has 19 heavy (non-hydrogen) atoms. The molecule has 2 aromatic carbocycles. The molecular weight excluding hydrogens is 230 g/mol. The van der Waals surface area contributed by atoms with E-state index in [2.05, 4.69) is 79.0 Å².